The SMILES string of the molecule is CN(CCCC(=O)OCC(=O)NC(c1ccccc1)C1CC1)S(=O)(=O)c1ccc(F)cc1. The highest BCUT2D eigenvalue weighted by Crippen LogP contribution is 2.40. The van der Waals surface area contributed by atoms with Gasteiger partial charge in [0.2, 0.25) is 10.0 Å². The number of ether oxygens (including phenoxy) is 1. The van der Waals surface area contributed by atoms with Crippen molar-refractivity contribution in [1.82, 2.24) is 9.62 Å². The molecule has 2 aromatic carbocycles. The molecule has 1 amide bonds. The summed E-state index contributed by atoms with van der Waals surface area (Å²) >= 11 is 0. The number of rotatable bonds is 11. The molecule has 1 fully saturated rings. The topological polar surface area (TPSA) is 92.8 Å². The molecule has 9 heteroatoms. The van der Waals surface area contributed by atoms with Crippen molar-refractivity contribution in [2.75, 3.05) is 20.2 Å². The molecule has 7 nitrogen and oxygen atoms in total. The molecule has 0 heterocycles. The Morgan fingerprint density at radius 3 is 2.41 bits per heavy atom. The Labute approximate surface area is 187 Å². The minimum absolute atomic E-state index is 0.0238. The van der Waals surface area contributed by atoms with Gasteiger partial charge in [-0.1, -0.05) is 30.3 Å². The first-order valence-electron chi connectivity index (χ1n) is 10.5. The number of hydrogen-bond acceptors (Lipinski definition) is 5. The van der Waals surface area contributed by atoms with Gasteiger partial charge in [-0.2, -0.15) is 0 Å². The maximum absolute atomic E-state index is 13.0. The average molecular weight is 463 g/mol. The van der Waals surface area contributed by atoms with Crippen LogP contribution in [0.25, 0.3) is 0 Å². The van der Waals surface area contributed by atoms with Crippen LogP contribution in [0.1, 0.15) is 37.3 Å². The van der Waals surface area contributed by atoms with Crippen molar-refractivity contribution in [3.8, 4) is 0 Å². The largest absolute Gasteiger partial charge is 0.456 e. The maximum atomic E-state index is 13.0. The van der Waals surface area contributed by atoms with Crippen molar-refractivity contribution >= 4 is 21.9 Å². The van der Waals surface area contributed by atoms with Gasteiger partial charge in [-0.25, -0.2) is 17.1 Å². The molecule has 1 aliphatic carbocycles. The molecule has 2 aromatic rings. The molecule has 0 radical (unpaired) electrons. The molecule has 0 bridgehead atoms. The second-order valence-corrected chi connectivity index (χ2v) is 9.88. The molecule has 32 heavy (non-hydrogen) atoms. The fourth-order valence-corrected chi connectivity index (χ4v) is 4.56. The van der Waals surface area contributed by atoms with Gasteiger partial charge in [0, 0.05) is 20.0 Å². The molecule has 1 N–H and O–H groups in total. The van der Waals surface area contributed by atoms with E-state index in [0.717, 1.165) is 34.8 Å². The van der Waals surface area contributed by atoms with E-state index in [0.29, 0.717) is 5.92 Å². The van der Waals surface area contributed by atoms with Gasteiger partial charge in [-0.15, -0.1) is 0 Å². The van der Waals surface area contributed by atoms with Crippen LogP contribution in [0.3, 0.4) is 0 Å². The van der Waals surface area contributed by atoms with Crippen LogP contribution in [0.2, 0.25) is 0 Å². The van der Waals surface area contributed by atoms with Gasteiger partial charge in [0.25, 0.3) is 5.91 Å². The standard InChI is InChI=1S/C23H27FN2O5S/c1-26(32(29,30)20-13-11-19(24)12-14-20)15-5-8-22(28)31-16-21(27)25-23(18-9-10-18)17-6-3-2-4-7-17/h2-4,6-7,11-14,18,23H,5,8-10,15-16H2,1H3,(H,25,27). The van der Waals surface area contributed by atoms with E-state index in [9.17, 15) is 22.4 Å². The number of halogens is 1. The molecule has 1 saturated carbocycles. The number of benzene rings is 2. The van der Waals surface area contributed by atoms with Crippen molar-refractivity contribution in [3.63, 3.8) is 0 Å². The summed E-state index contributed by atoms with van der Waals surface area (Å²) in [6.07, 6.45) is 2.30. The minimum Gasteiger partial charge on any atom is -0.456 e. The van der Waals surface area contributed by atoms with Crippen molar-refractivity contribution in [2.24, 2.45) is 5.92 Å². The highest BCUT2D eigenvalue weighted by Gasteiger charge is 2.33. The first-order valence-corrected chi connectivity index (χ1v) is 11.9. The Hall–Kier alpha value is -2.78. The summed E-state index contributed by atoms with van der Waals surface area (Å²) in [5.74, 6) is -1.06. The molecule has 1 aliphatic rings. The summed E-state index contributed by atoms with van der Waals surface area (Å²) in [7, 11) is -2.38. The molecule has 0 saturated heterocycles. The van der Waals surface area contributed by atoms with Crippen molar-refractivity contribution < 1.29 is 27.1 Å². The fraction of sp³-hybridized carbons (Fsp3) is 0.391. The van der Waals surface area contributed by atoms with E-state index in [1.54, 1.807) is 0 Å². The third-order valence-corrected chi connectivity index (χ3v) is 7.18. The van der Waals surface area contributed by atoms with Crippen LogP contribution in [-0.2, 0) is 24.3 Å². The molecule has 0 aliphatic heterocycles. The Morgan fingerprint density at radius 1 is 1.12 bits per heavy atom. The minimum atomic E-state index is -3.77. The zero-order valence-corrected chi connectivity index (χ0v) is 18.7. The van der Waals surface area contributed by atoms with Gasteiger partial charge in [-0.05, 0) is 55.0 Å². The second kappa shape index (κ2) is 10.7. The van der Waals surface area contributed by atoms with E-state index in [2.05, 4.69) is 5.32 Å². The maximum Gasteiger partial charge on any atom is 0.306 e. The van der Waals surface area contributed by atoms with Crippen LogP contribution in [-0.4, -0.2) is 44.8 Å². The Balaban J connectivity index is 1.40. The second-order valence-electron chi connectivity index (χ2n) is 7.84. The number of nitrogens with one attached hydrogen (secondary N) is 1. The Bertz CT molecular complexity index is 1020. The van der Waals surface area contributed by atoms with Crippen molar-refractivity contribution in [1.29, 1.82) is 0 Å². The molecule has 0 aromatic heterocycles. The summed E-state index contributed by atoms with van der Waals surface area (Å²) in [5, 5.41) is 2.94. The number of nitrogens with zero attached hydrogens (tertiary/aromatic N) is 1. The van der Waals surface area contributed by atoms with E-state index in [1.807, 2.05) is 30.3 Å². The van der Waals surface area contributed by atoms with E-state index in [4.69, 9.17) is 4.74 Å². The van der Waals surface area contributed by atoms with Gasteiger partial charge in [-0.3, -0.25) is 9.59 Å². The first kappa shape index (κ1) is 23.9. The number of esters is 1. The van der Waals surface area contributed by atoms with Crippen LogP contribution in [0, 0.1) is 11.7 Å². The predicted octanol–water partition coefficient (Wildman–Crippen LogP) is 3.04. The smallest absolute Gasteiger partial charge is 0.306 e. The normalized spacial score (nSPS) is 14.7. The van der Waals surface area contributed by atoms with E-state index >= 15 is 0 Å². The van der Waals surface area contributed by atoms with Gasteiger partial charge < -0.3 is 10.1 Å². The third kappa shape index (κ3) is 6.61. The molecule has 0 spiro atoms. The highest BCUT2D eigenvalue weighted by atomic mass is 32.2. The van der Waals surface area contributed by atoms with Crippen molar-refractivity contribution in [2.45, 2.75) is 36.6 Å². The average Bonchev–Trinajstić information content (AvgIpc) is 3.62. The molecular weight excluding hydrogens is 435 g/mol. The summed E-state index contributed by atoms with van der Waals surface area (Å²) in [6, 6.07) is 14.1. The van der Waals surface area contributed by atoms with E-state index in [-0.39, 0.29) is 42.8 Å². The van der Waals surface area contributed by atoms with Crippen molar-refractivity contribution in [3.05, 3.63) is 66.0 Å². The Kier molecular flexibility index (Phi) is 7.98. The summed E-state index contributed by atoms with van der Waals surface area (Å²) in [5.41, 5.74) is 1.03. The monoisotopic (exact) mass is 462 g/mol. The molecule has 1 atom stereocenters. The van der Waals surface area contributed by atoms with E-state index < -0.39 is 21.8 Å². The number of hydrogen-bond donors (Lipinski definition) is 1. The number of carbonyl (C=O) groups excluding carboxylic acids is 2. The molecule has 172 valence electrons. The lowest BCUT2D eigenvalue weighted by Gasteiger charge is -2.19. The predicted molar refractivity (Wildman–Crippen MR) is 116 cm³/mol. The van der Waals surface area contributed by atoms with Gasteiger partial charge in [0.15, 0.2) is 6.61 Å². The first-order chi connectivity index (χ1) is 15.3. The summed E-state index contributed by atoms with van der Waals surface area (Å²) < 4.78 is 44.0. The lowest BCUT2D eigenvalue weighted by molar-refractivity contribution is -0.148. The fourth-order valence-electron chi connectivity index (χ4n) is 3.35. The number of amides is 1. The van der Waals surface area contributed by atoms with Gasteiger partial charge in [0.1, 0.15) is 5.82 Å². The molecular formula is C23H27FN2O5S. The Morgan fingerprint density at radius 2 is 1.78 bits per heavy atom. The van der Waals surface area contributed by atoms with Crippen LogP contribution < -0.4 is 5.32 Å². The van der Waals surface area contributed by atoms with Crippen LogP contribution in [0.15, 0.2) is 59.5 Å². The number of sulfonamides is 1. The summed E-state index contributed by atoms with van der Waals surface area (Å²) in [4.78, 5) is 24.2. The third-order valence-electron chi connectivity index (χ3n) is 5.31. The lowest BCUT2D eigenvalue weighted by atomic mass is 10.0. The highest BCUT2D eigenvalue weighted by molar-refractivity contribution is 7.89. The number of carbonyl (C=O) groups is 2. The molecule has 3 rings (SSSR count). The van der Waals surface area contributed by atoms with Crippen LogP contribution >= 0.6 is 0 Å². The van der Waals surface area contributed by atoms with Gasteiger partial charge in [0.05, 0.1) is 10.9 Å². The van der Waals surface area contributed by atoms with E-state index in [1.165, 1.54) is 19.2 Å². The van der Waals surface area contributed by atoms with Gasteiger partial charge >= 0.3 is 5.97 Å². The zero-order valence-electron chi connectivity index (χ0n) is 17.9. The van der Waals surface area contributed by atoms with Crippen LogP contribution in [0.4, 0.5) is 4.39 Å². The summed E-state index contributed by atoms with van der Waals surface area (Å²) in [6.45, 7) is -0.294. The quantitative estimate of drug-likeness (QED) is 0.518. The zero-order chi connectivity index (χ0) is 23.1. The lowest BCUT2D eigenvalue weighted by Crippen LogP contribution is -2.33. The van der Waals surface area contributed by atoms with Crippen LogP contribution in [0.5, 0.6) is 0 Å². The molecule has 1 unspecified atom stereocenters.